The molecule has 0 amide bonds. The molecule has 0 radical (unpaired) electrons. The Labute approximate surface area is 79.2 Å². The molecule has 0 atom stereocenters. The van der Waals surface area contributed by atoms with Crippen LogP contribution in [0.25, 0.3) is 0 Å². The highest BCUT2D eigenvalue weighted by molar-refractivity contribution is 4.70. The van der Waals surface area contributed by atoms with Gasteiger partial charge in [-0.3, -0.25) is 0 Å². The van der Waals surface area contributed by atoms with E-state index in [1.165, 1.54) is 25.8 Å². The molecule has 0 heterocycles. The topological polar surface area (TPSA) is 3.24 Å². The average Bonchev–Trinajstić information content (AvgIpc) is 2.05. The monoisotopic (exact) mass is 173 g/mol. The van der Waals surface area contributed by atoms with Gasteiger partial charge in [-0.15, -0.1) is 0 Å². The highest BCUT2D eigenvalue weighted by Gasteiger charge is 2.16. The summed E-state index contributed by atoms with van der Waals surface area (Å²) in [5.74, 6) is 1.03. The minimum atomic E-state index is 1.03. The van der Waals surface area contributed by atoms with Gasteiger partial charge in [0.05, 0.1) is 0 Å². The van der Waals surface area contributed by atoms with E-state index in [1.807, 2.05) is 27.7 Å². The zero-order valence-corrected chi connectivity index (χ0v) is 9.85. The van der Waals surface area contributed by atoms with Crippen molar-refractivity contribution < 1.29 is 0 Å². The molecule has 0 aliphatic heterocycles. The number of hydrogen-bond acceptors (Lipinski definition) is 1. The first-order chi connectivity index (χ1) is 5.79. The van der Waals surface area contributed by atoms with E-state index < -0.39 is 0 Å². The molecule has 1 rings (SSSR count). The summed E-state index contributed by atoms with van der Waals surface area (Å²) in [5.41, 5.74) is 0. The van der Waals surface area contributed by atoms with Gasteiger partial charge in [0, 0.05) is 6.54 Å². The maximum absolute atomic E-state index is 2.28. The van der Waals surface area contributed by atoms with E-state index in [1.54, 1.807) is 0 Å². The van der Waals surface area contributed by atoms with Crippen molar-refractivity contribution in [1.82, 2.24) is 4.90 Å². The van der Waals surface area contributed by atoms with Crippen LogP contribution in [-0.2, 0) is 0 Å². The maximum Gasteiger partial charge on any atom is 0.000356 e. The van der Waals surface area contributed by atoms with E-state index in [2.05, 4.69) is 19.0 Å². The first-order valence-electron chi connectivity index (χ1n) is 5.44. The fourth-order valence-electron chi connectivity index (χ4n) is 1.19. The van der Waals surface area contributed by atoms with Crippen LogP contribution in [0.4, 0.5) is 0 Å². The van der Waals surface area contributed by atoms with Gasteiger partial charge < -0.3 is 4.90 Å². The first-order valence-corrected chi connectivity index (χ1v) is 5.44. The second-order valence-electron chi connectivity index (χ2n) is 3.06. The molecule has 0 aromatic carbocycles. The highest BCUT2D eigenvalue weighted by atomic mass is 15.1. The molecule has 1 heteroatoms. The van der Waals surface area contributed by atoms with Gasteiger partial charge in [0.2, 0.25) is 0 Å². The van der Waals surface area contributed by atoms with Crippen molar-refractivity contribution in [2.45, 2.75) is 47.0 Å². The van der Waals surface area contributed by atoms with Crippen molar-refractivity contribution in [3.8, 4) is 0 Å². The predicted octanol–water partition coefficient (Wildman–Crippen LogP) is 3.40. The normalized spacial score (nSPS) is 15.2. The van der Waals surface area contributed by atoms with Crippen LogP contribution < -0.4 is 0 Å². The Morgan fingerprint density at radius 3 is 1.50 bits per heavy atom. The number of rotatable bonds is 2. The average molecular weight is 173 g/mol. The van der Waals surface area contributed by atoms with Gasteiger partial charge in [0.1, 0.15) is 0 Å². The third-order valence-electron chi connectivity index (χ3n) is 1.85. The summed E-state index contributed by atoms with van der Waals surface area (Å²) in [7, 11) is 4.30. The summed E-state index contributed by atoms with van der Waals surface area (Å²) in [5, 5.41) is 0. The van der Waals surface area contributed by atoms with Crippen molar-refractivity contribution in [3.63, 3.8) is 0 Å². The summed E-state index contributed by atoms with van der Waals surface area (Å²) in [4.78, 5) is 2.28. The Bertz CT molecular complexity index is 65.4. The summed E-state index contributed by atoms with van der Waals surface area (Å²) < 4.78 is 0. The lowest BCUT2D eigenvalue weighted by molar-refractivity contribution is 0.230. The summed E-state index contributed by atoms with van der Waals surface area (Å²) >= 11 is 0. The first kappa shape index (κ1) is 14.5. The van der Waals surface area contributed by atoms with Gasteiger partial charge in [-0.2, -0.15) is 0 Å². The zero-order chi connectivity index (χ0) is 9.98. The SMILES string of the molecule is CC.CC.CN(C)CC1CCC1. The minimum absolute atomic E-state index is 1.03. The van der Waals surface area contributed by atoms with Crippen LogP contribution >= 0.6 is 0 Å². The molecule has 0 spiro atoms. The van der Waals surface area contributed by atoms with E-state index in [4.69, 9.17) is 0 Å². The molecule has 0 unspecified atom stereocenters. The van der Waals surface area contributed by atoms with Crippen molar-refractivity contribution in [2.75, 3.05) is 20.6 Å². The standard InChI is InChI=1S/C7H15N.2C2H6/c1-8(2)6-7-4-3-5-7;2*1-2/h7H,3-6H2,1-2H3;2*1-2H3. The minimum Gasteiger partial charge on any atom is -0.309 e. The van der Waals surface area contributed by atoms with Gasteiger partial charge >= 0.3 is 0 Å². The second kappa shape index (κ2) is 11.0. The van der Waals surface area contributed by atoms with E-state index in [0.29, 0.717) is 0 Å². The quantitative estimate of drug-likeness (QED) is 0.618. The summed E-state index contributed by atoms with van der Waals surface area (Å²) in [6.07, 6.45) is 4.41. The third kappa shape index (κ3) is 8.06. The molecule has 76 valence electrons. The Hall–Kier alpha value is -0.0400. The van der Waals surface area contributed by atoms with Crippen molar-refractivity contribution in [1.29, 1.82) is 0 Å². The summed E-state index contributed by atoms with van der Waals surface area (Å²) in [6, 6.07) is 0. The molecule has 1 aliphatic carbocycles. The van der Waals surface area contributed by atoms with Crippen LogP contribution in [0.15, 0.2) is 0 Å². The highest BCUT2D eigenvalue weighted by Crippen LogP contribution is 2.26. The van der Waals surface area contributed by atoms with Crippen molar-refractivity contribution >= 4 is 0 Å². The molecule has 1 saturated carbocycles. The molecule has 0 bridgehead atoms. The number of hydrogen-bond donors (Lipinski definition) is 0. The van der Waals surface area contributed by atoms with E-state index >= 15 is 0 Å². The largest absolute Gasteiger partial charge is 0.309 e. The molecular weight excluding hydrogens is 146 g/mol. The van der Waals surface area contributed by atoms with Crippen LogP contribution in [0.1, 0.15) is 47.0 Å². The van der Waals surface area contributed by atoms with Gasteiger partial charge in [0.15, 0.2) is 0 Å². The molecular formula is C11H27N. The van der Waals surface area contributed by atoms with Crippen molar-refractivity contribution in [3.05, 3.63) is 0 Å². The van der Waals surface area contributed by atoms with Crippen LogP contribution in [0.3, 0.4) is 0 Å². The lowest BCUT2D eigenvalue weighted by atomic mass is 9.85. The maximum atomic E-state index is 2.28. The van der Waals surface area contributed by atoms with Crippen LogP contribution in [0.2, 0.25) is 0 Å². The van der Waals surface area contributed by atoms with Gasteiger partial charge in [-0.25, -0.2) is 0 Å². The van der Waals surface area contributed by atoms with Crippen LogP contribution in [-0.4, -0.2) is 25.5 Å². The predicted molar refractivity (Wildman–Crippen MR) is 58.6 cm³/mol. The van der Waals surface area contributed by atoms with E-state index in [9.17, 15) is 0 Å². The Morgan fingerprint density at radius 2 is 1.42 bits per heavy atom. The molecule has 0 saturated heterocycles. The fraction of sp³-hybridized carbons (Fsp3) is 1.00. The molecule has 0 aromatic rings. The lowest BCUT2D eigenvalue weighted by Crippen LogP contribution is -2.26. The lowest BCUT2D eigenvalue weighted by Gasteiger charge is -2.27. The summed E-state index contributed by atoms with van der Waals surface area (Å²) in [6.45, 7) is 9.31. The van der Waals surface area contributed by atoms with Crippen LogP contribution in [0, 0.1) is 5.92 Å². The second-order valence-corrected chi connectivity index (χ2v) is 3.06. The third-order valence-corrected chi connectivity index (χ3v) is 1.85. The molecule has 12 heavy (non-hydrogen) atoms. The number of nitrogens with zero attached hydrogens (tertiary/aromatic N) is 1. The zero-order valence-electron chi connectivity index (χ0n) is 9.85. The van der Waals surface area contributed by atoms with E-state index in [0.717, 1.165) is 5.92 Å². The Kier molecular flexibility index (Phi) is 13.2. The fourth-order valence-corrected chi connectivity index (χ4v) is 1.19. The van der Waals surface area contributed by atoms with Crippen LogP contribution in [0.5, 0.6) is 0 Å². The molecule has 0 aromatic heterocycles. The van der Waals surface area contributed by atoms with Gasteiger partial charge in [-0.1, -0.05) is 34.1 Å². The van der Waals surface area contributed by atoms with E-state index in [-0.39, 0.29) is 0 Å². The smallest absolute Gasteiger partial charge is 0.000356 e. The van der Waals surface area contributed by atoms with Crippen molar-refractivity contribution in [2.24, 2.45) is 5.92 Å². The molecule has 1 aliphatic rings. The Balaban J connectivity index is 0. The Morgan fingerprint density at radius 1 is 1.00 bits per heavy atom. The molecule has 1 fully saturated rings. The van der Waals surface area contributed by atoms with Gasteiger partial charge in [0.25, 0.3) is 0 Å². The van der Waals surface area contributed by atoms with Gasteiger partial charge in [-0.05, 0) is 32.9 Å². The molecule has 0 N–H and O–H groups in total. The molecule has 1 nitrogen and oxygen atoms in total.